The number of carbonyl (C=O) groups is 1. The number of carbonyl (C=O) groups excluding carboxylic acids is 1. The zero-order valence-electron chi connectivity index (χ0n) is 15.2. The molecule has 24 heavy (non-hydrogen) atoms. The maximum absolute atomic E-state index is 11.9. The average molecular weight is 343 g/mol. The normalized spacial score (nSPS) is 21.9. The second-order valence-electron chi connectivity index (χ2n) is 6.67. The molecule has 2 saturated heterocycles. The van der Waals surface area contributed by atoms with Crippen LogP contribution in [0.2, 0.25) is 0 Å². The van der Waals surface area contributed by atoms with E-state index < -0.39 is 0 Å². The molecule has 7 nitrogen and oxygen atoms in total. The van der Waals surface area contributed by atoms with Crippen LogP contribution in [0.3, 0.4) is 0 Å². The number of rotatable bonds is 9. The summed E-state index contributed by atoms with van der Waals surface area (Å²) in [5.41, 5.74) is 0. The third-order valence-corrected chi connectivity index (χ3v) is 4.89. The standard InChI is InChI=1S/C17H33N3O4/c1-18-5-3-16(4-6-18)20-9-7-19(8-10-20)15-17(21)24-14-13-23-12-11-22-2/h16H,3-15H2,1-2H3. The van der Waals surface area contributed by atoms with Crippen molar-refractivity contribution >= 4 is 5.97 Å². The van der Waals surface area contributed by atoms with Gasteiger partial charge < -0.3 is 19.1 Å². The molecular formula is C17H33N3O4. The Labute approximate surface area is 145 Å². The molecule has 0 aromatic heterocycles. The molecule has 2 aliphatic heterocycles. The van der Waals surface area contributed by atoms with E-state index in [1.165, 1.54) is 25.9 Å². The number of likely N-dealkylation sites (tertiary alicyclic amines) is 1. The van der Waals surface area contributed by atoms with Gasteiger partial charge in [-0.05, 0) is 33.0 Å². The van der Waals surface area contributed by atoms with Crippen LogP contribution in [0.15, 0.2) is 0 Å². The molecule has 0 aromatic carbocycles. The summed E-state index contributed by atoms with van der Waals surface area (Å²) in [6, 6.07) is 0.722. The van der Waals surface area contributed by atoms with Crippen molar-refractivity contribution < 1.29 is 19.0 Å². The van der Waals surface area contributed by atoms with E-state index in [-0.39, 0.29) is 5.97 Å². The zero-order chi connectivity index (χ0) is 17.2. The van der Waals surface area contributed by atoms with Crippen LogP contribution in [-0.4, -0.2) is 113 Å². The van der Waals surface area contributed by atoms with Crippen LogP contribution >= 0.6 is 0 Å². The van der Waals surface area contributed by atoms with Gasteiger partial charge in [-0.3, -0.25) is 14.6 Å². The second-order valence-corrected chi connectivity index (χ2v) is 6.67. The SMILES string of the molecule is COCCOCCOC(=O)CN1CCN(C2CCN(C)CC2)CC1. The monoisotopic (exact) mass is 343 g/mol. The second kappa shape index (κ2) is 11.0. The van der Waals surface area contributed by atoms with Crippen molar-refractivity contribution in [3.8, 4) is 0 Å². The first-order valence-electron chi connectivity index (χ1n) is 9.06. The van der Waals surface area contributed by atoms with Gasteiger partial charge in [0.15, 0.2) is 0 Å². The summed E-state index contributed by atoms with van der Waals surface area (Å²) in [5, 5.41) is 0. The molecule has 0 atom stereocenters. The quantitative estimate of drug-likeness (QED) is 0.428. The summed E-state index contributed by atoms with van der Waals surface area (Å²) < 4.78 is 15.4. The van der Waals surface area contributed by atoms with E-state index in [0.29, 0.717) is 33.0 Å². The van der Waals surface area contributed by atoms with Gasteiger partial charge in [0.2, 0.25) is 0 Å². The molecule has 2 fully saturated rings. The van der Waals surface area contributed by atoms with E-state index in [2.05, 4.69) is 21.7 Å². The van der Waals surface area contributed by atoms with Crippen molar-refractivity contribution in [2.24, 2.45) is 0 Å². The fourth-order valence-electron chi connectivity index (χ4n) is 3.33. The van der Waals surface area contributed by atoms with Gasteiger partial charge in [-0.1, -0.05) is 0 Å². The first-order chi connectivity index (χ1) is 11.7. The Hall–Kier alpha value is -0.730. The Bertz CT molecular complexity index is 354. The number of methoxy groups -OCH3 is 1. The van der Waals surface area contributed by atoms with Gasteiger partial charge in [0.25, 0.3) is 0 Å². The maximum Gasteiger partial charge on any atom is 0.320 e. The molecule has 0 aromatic rings. The van der Waals surface area contributed by atoms with Gasteiger partial charge in [0.1, 0.15) is 6.61 Å². The van der Waals surface area contributed by atoms with Gasteiger partial charge in [0, 0.05) is 39.3 Å². The lowest BCUT2D eigenvalue weighted by molar-refractivity contribution is -0.147. The Morgan fingerprint density at radius 2 is 1.62 bits per heavy atom. The number of nitrogens with zero attached hydrogens (tertiary/aromatic N) is 3. The number of piperazine rings is 1. The van der Waals surface area contributed by atoms with Crippen LogP contribution in [0.1, 0.15) is 12.8 Å². The molecule has 2 heterocycles. The highest BCUT2D eigenvalue weighted by atomic mass is 16.6. The van der Waals surface area contributed by atoms with Crippen LogP contribution in [0, 0.1) is 0 Å². The van der Waals surface area contributed by atoms with Gasteiger partial charge in [-0.2, -0.15) is 0 Å². The Kier molecular flexibility index (Phi) is 8.98. The fraction of sp³-hybridized carbons (Fsp3) is 0.941. The Balaban J connectivity index is 1.53. The molecule has 2 aliphatic rings. The first kappa shape index (κ1) is 19.6. The van der Waals surface area contributed by atoms with Crippen LogP contribution in [0.4, 0.5) is 0 Å². The van der Waals surface area contributed by atoms with Crippen molar-refractivity contribution in [1.29, 1.82) is 0 Å². The number of piperidine rings is 1. The van der Waals surface area contributed by atoms with Gasteiger partial charge in [0.05, 0.1) is 26.4 Å². The van der Waals surface area contributed by atoms with Gasteiger partial charge in [-0.15, -0.1) is 0 Å². The Morgan fingerprint density at radius 3 is 2.29 bits per heavy atom. The molecule has 0 amide bonds. The minimum atomic E-state index is -0.155. The lowest BCUT2D eigenvalue weighted by Crippen LogP contribution is -2.53. The van der Waals surface area contributed by atoms with Crippen molar-refractivity contribution in [3.05, 3.63) is 0 Å². The topological polar surface area (TPSA) is 54.5 Å². The van der Waals surface area contributed by atoms with E-state index in [9.17, 15) is 4.79 Å². The summed E-state index contributed by atoms with van der Waals surface area (Å²) in [5.74, 6) is -0.155. The molecule has 140 valence electrons. The van der Waals surface area contributed by atoms with Crippen LogP contribution in [-0.2, 0) is 19.0 Å². The molecular weight excluding hydrogens is 310 g/mol. The number of ether oxygens (including phenoxy) is 3. The fourth-order valence-corrected chi connectivity index (χ4v) is 3.33. The van der Waals surface area contributed by atoms with Gasteiger partial charge >= 0.3 is 5.97 Å². The lowest BCUT2D eigenvalue weighted by Gasteiger charge is -2.42. The van der Waals surface area contributed by atoms with Crippen LogP contribution in [0.5, 0.6) is 0 Å². The zero-order valence-corrected chi connectivity index (χ0v) is 15.2. The molecule has 0 N–H and O–H groups in total. The number of hydrogen-bond donors (Lipinski definition) is 0. The highest BCUT2D eigenvalue weighted by Crippen LogP contribution is 2.17. The van der Waals surface area contributed by atoms with Crippen molar-refractivity contribution in [1.82, 2.24) is 14.7 Å². The predicted molar refractivity (Wildman–Crippen MR) is 92.2 cm³/mol. The molecule has 0 aliphatic carbocycles. The van der Waals surface area contributed by atoms with Crippen molar-refractivity contribution in [2.45, 2.75) is 18.9 Å². The molecule has 7 heteroatoms. The number of esters is 1. The largest absolute Gasteiger partial charge is 0.462 e. The molecule has 0 bridgehead atoms. The summed E-state index contributed by atoms with van der Waals surface area (Å²) in [6.45, 7) is 8.65. The maximum atomic E-state index is 11.9. The minimum Gasteiger partial charge on any atom is -0.462 e. The summed E-state index contributed by atoms with van der Waals surface area (Å²) in [6.07, 6.45) is 2.53. The first-order valence-corrected chi connectivity index (χ1v) is 9.06. The van der Waals surface area contributed by atoms with Crippen molar-refractivity contribution in [3.63, 3.8) is 0 Å². The van der Waals surface area contributed by atoms with Crippen LogP contribution < -0.4 is 0 Å². The number of hydrogen-bond acceptors (Lipinski definition) is 7. The van der Waals surface area contributed by atoms with E-state index >= 15 is 0 Å². The van der Waals surface area contributed by atoms with Gasteiger partial charge in [-0.25, -0.2) is 0 Å². The van der Waals surface area contributed by atoms with E-state index in [0.717, 1.165) is 32.2 Å². The third kappa shape index (κ3) is 7.03. The highest BCUT2D eigenvalue weighted by Gasteiger charge is 2.27. The van der Waals surface area contributed by atoms with E-state index in [1.54, 1.807) is 7.11 Å². The average Bonchev–Trinajstić information content (AvgIpc) is 2.59. The highest BCUT2D eigenvalue weighted by molar-refractivity contribution is 5.71. The van der Waals surface area contributed by atoms with E-state index in [4.69, 9.17) is 14.2 Å². The van der Waals surface area contributed by atoms with E-state index in [1.807, 2.05) is 0 Å². The molecule has 0 spiro atoms. The molecule has 0 radical (unpaired) electrons. The third-order valence-electron chi connectivity index (χ3n) is 4.89. The van der Waals surface area contributed by atoms with Crippen molar-refractivity contribution in [2.75, 3.05) is 86.4 Å². The minimum absolute atomic E-state index is 0.155. The Morgan fingerprint density at radius 1 is 0.958 bits per heavy atom. The summed E-state index contributed by atoms with van der Waals surface area (Å²) in [4.78, 5) is 19.1. The predicted octanol–water partition coefficient (Wildman–Crippen LogP) is -0.0956. The molecule has 0 unspecified atom stereocenters. The molecule has 2 rings (SSSR count). The summed E-state index contributed by atoms with van der Waals surface area (Å²) >= 11 is 0. The lowest BCUT2D eigenvalue weighted by atomic mass is 10.0. The molecule has 0 saturated carbocycles. The smallest absolute Gasteiger partial charge is 0.320 e. The van der Waals surface area contributed by atoms with Crippen LogP contribution in [0.25, 0.3) is 0 Å². The summed E-state index contributed by atoms with van der Waals surface area (Å²) in [7, 11) is 3.83.